The molecule has 0 atom stereocenters. The van der Waals surface area contributed by atoms with Crippen molar-refractivity contribution < 1.29 is 51.6 Å². The van der Waals surface area contributed by atoms with Crippen molar-refractivity contribution in [2.24, 2.45) is 23.2 Å². The summed E-state index contributed by atoms with van der Waals surface area (Å²) >= 11 is 0. The van der Waals surface area contributed by atoms with Gasteiger partial charge in [-0.3, -0.25) is 4.79 Å². The number of rotatable bonds is 14. The molecule has 12 heteroatoms. The van der Waals surface area contributed by atoms with E-state index in [1.54, 1.807) is 0 Å². The molecule has 0 aromatic heterocycles. The van der Waals surface area contributed by atoms with Crippen molar-refractivity contribution >= 4 is 16.3 Å². The molecular formula is C65H102O11S. The monoisotopic (exact) mass is 1090 g/mol. The van der Waals surface area contributed by atoms with Gasteiger partial charge in [0, 0.05) is 46.7 Å². The maximum Gasteiger partial charge on any atom is 0.323 e. The first-order valence-electron chi connectivity index (χ1n) is 28.3. The lowest BCUT2D eigenvalue weighted by Gasteiger charge is -2.56. The summed E-state index contributed by atoms with van der Waals surface area (Å²) in [5, 5.41) is 0. The molecule has 0 spiro atoms. The average Bonchev–Trinajstić information content (AvgIpc) is 3.11. The van der Waals surface area contributed by atoms with Crippen molar-refractivity contribution in [3.05, 3.63) is 36.4 Å². The average molecular weight is 1090 g/mol. The number of benzene rings is 3. The predicted molar refractivity (Wildman–Crippen MR) is 312 cm³/mol. The van der Waals surface area contributed by atoms with Crippen LogP contribution in [0.5, 0.6) is 51.7 Å². The van der Waals surface area contributed by atoms with E-state index >= 15 is 4.79 Å². The molecule has 3 aromatic carbocycles. The fourth-order valence-electron chi connectivity index (χ4n) is 11.2. The lowest BCUT2D eigenvalue weighted by Crippen LogP contribution is -2.50. The van der Waals surface area contributed by atoms with E-state index in [1.165, 1.54) is 0 Å². The Balaban J connectivity index is 2.08. The summed E-state index contributed by atoms with van der Waals surface area (Å²) in [7, 11) is -3.89. The van der Waals surface area contributed by atoms with Gasteiger partial charge >= 0.3 is 5.97 Å². The van der Waals surface area contributed by atoms with E-state index in [0.717, 1.165) is 38.5 Å². The lowest BCUT2D eigenvalue weighted by molar-refractivity contribution is -0.160. The molecule has 4 fully saturated rings. The van der Waals surface area contributed by atoms with Gasteiger partial charge < -0.3 is 46.8 Å². The summed E-state index contributed by atoms with van der Waals surface area (Å²) in [4.78, 5) is 18.4. The molecule has 11 nitrogen and oxygen atoms in total. The van der Waals surface area contributed by atoms with Crippen LogP contribution in [-0.4, -0.2) is 56.4 Å². The third-order valence-electron chi connectivity index (χ3n) is 12.3. The number of carbonyl (C=O) groups excluding carboxylic acids is 1. The van der Waals surface area contributed by atoms with E-state index in [9.17, 15) is 0 Å². The Bertz CT molecular complexity index is 2210. The topological polar surface area (TPSA) is 109 Å². The van der Waals surface area contributed by atoms with Crippen LogP contribution in [0.15, 0.2) is 51.1 Å². The Morgan fingerprint density at radius 3 is 0.688 bits per heavy atom. The van der Waals surface area contributed by atoms with Crippen molar-refractivity contribution in [2.45, 2.75) is 291 Å². The van der Waals surface area contributed by atoms with E-state index < -0.39 is 66.1 Å². The first-order valence-corrected chi connectivity index (χ1v) is 29.9. The van der Waals surface area contributed by atoms with E-state index in [-0.39, 0.29) is 5.97 Å². The van der Waals surface area contributed by atoms with Crippen LogP contribution in [0, 0.1) is 23.2 Å². The van der Waals surface area contributed by atoms with Crippen molar-refractivity contribution in [1.82, 2.24) is 0 Å². The molecule has 4 bridgehead atoms. The third kappa shape index (κ3) is 16.6. The normalized spacial score (nSPS) is 20.8. The van der Waals surface area contributed by atoms with Crippen molar-refractivity contribution in [3.8, 4) is 51.7 Å². The SMILES string of the molecule is CC(C)(C)Oc1cc(OC(C)(C)C)c(S(OC(=O)C23CC4CC(CC(C4)C2)C3)(c2c(OC(C)(C)C)cc(OC(C)(C)C)cc2OC(C)(C)C)c2c(OC(C)(C)C)cc(OC(C)(C)C)cc2OC(C)(C)C)c(OC(C)(C)C)c1. The summed E-state index contributed by atoms with van der Waals surface area (Å²) in [5.74, 6) is 4.61. The van der Waals surface area contributed by atoms with E-state index in [1.807, 2.05) is 223 Å². The molecule has 4 aliphatic carbocycles. The Hall–Kier alpha value is -4.32. The van der Waals surface area contributed by atoms with Gasteiger partial charge in [0.05, 0.1) is 5.41 Å². The van der Waals surface area contributed by atoms with Crippen LogP contribution in [0.4, 0.5) is 0 Å². The largest absolute Gasteiger partial charge is 0.488 e. The first kappa shape index (κ1) is 61.9. The molecule has 0 radical (unpaired) electrons. The number of carbonyl (C=O) groups is 1. The van der Waals surface area contributed by atoms with Gasteiger partial charge in [0.1, 0.15) is 117 Å². The highest BCUT2D eigenvalue weighted by Gasteiger charge is 2.59. The van der Waals surface area contributed by atoms with Crippen LogP contribution < -0.4 is 42.6 Å². The number of ether oxygens (including phenoxy) is 9. The Kier molecular flexibility index (Phi) is 16.6. The maximum atomic E-state index is 17.1. The molecule has 4 aliphatic rings. The zero-order chi connectivity index (χ0) is 58.3. The molecule has 0 aliphatic heterocycles. The molecule has 7 rings (SSSR count). The van der Waals surface area contributed by atoms with Crippen molar-refractivity contribution in [2.75, 3.05) is 0 Å². The summed E-state index contributed by atoms with van der Waals surface area (Å²) in [6.07, 6.45) is 5.55. The molecular weight excluding hydrogens is 989 g/mol. The minimum atomic E-state index is -3.89. The van der Waals surface area contributed by atoms with Gasteiger partial charge in [0.2, 0.25) is 0 Å². The van der Waals surface area contributed by atoms with Gasteiger partial charge in [-0.15, -0.1) is 0 Å². The zero-order valence-electron chi connectivity index (χ0n) is 52.8. The fraction of sp³-hybridized carbons (Fsp3) is 0.708. The molecule has 0 N–H and O–H groups in total. The Labute approximate surface area is 467 Å². The van der Waals surface area contributed by atoms with E-state index in [0.29, 0.717) is 84.2 Å². The molecule has 0 amide bonds. The summed E-state index contributed by atoms with van der Waals surface area (Å²) in [5.41, 5.74) is -7.69. The highest BCUT2D eigenvalue weighted by atomic mass is 32.3. The smallest absolute Gasteiger partial charge is 0.323 e. The minimum absolute atomic E-state index is 0.304. The van der Waals surface area contributed by atoms with Crippen LogP contribution in [0.2, 0.25) is 0 Å². The predicted octanol–water partition coefficient (Wildman–Crippen LogP) is 18.2. The standard InChI is InChI=1S/C65H102O11S/c1-56(2,3)67-43-31-46(70-59(10,11)12)52(47(32-43)71-60(13,14)15)77(76-55(66)65-37-40-28-41(38-65)30-42(29-40)39-65,53-48(72-61(16,17)18)33-44(68-57(4,5)6)34-49(53)73-62(19,20)21)54-50(74-63(22,23)24)35-45(69-58(7,8)9)36-51(54)75-64(25,26)27/h31-36,40-42H,28-30,37-39H2,1-27H3. The van der Waals surface area contributed by atoms with E-state index in [4.69, 9.17) is 46.8 Å². The summed E-state index contributed by atoms with van der Waals surface area (Å²) < 4.78 is 73.3. The highest BCUT2D eigenvalue weighted by Crippen LogP contribution is 2.82. The fourth-order valence-corrected chi connectivity index (χ4v) is 14.7. The molecule has 4 saturated carbocycles. The van der Waals surface area contributed by atoms with Crippen LogP contribution in [-0.2, 0) is 8.98 Å². The van der Waals surface area contributed by atoms with Crippen LogP contribution in [0.25, 0.3) is 0 Å². The van der Waals surface area contributed by atoms with Crippen LogP contribution >= 0.6 is 10.3 Å². The van der Waals surface area contributed by atoms with Gasteiger partial charge in [-0.05, 0) is 243 Å². The second kappa shape index (κ2) is 20.7. The van der Waals surface area contributed by atoms with Crippen LogP contribution in [0.1, 0.15) is 225 Å². The Morgan fingerprint density at radius 2 is 0.519 bits per heavy atom. The van der Waals surface area contributed by atoms with Gasteiger partial charge in [-0.25, -0.2) is 0 Å². The summed E-state index contributed by atoms with van der Waals surface area (Å²) in [6.45, 7) is 54.3. The molecule has 0 heterocycles. The third-order valence-corrected chi connectivity index (χ3v) is 15.6. The second-order valence-electron chi connectivity index (χ2n) is 31.3. The number of hydrogen-bond donors (Lipinski definition) is 0. The second-order valence-corrected chi connectivity index (χ2v) is 33.8. The lowest BCUT2D eigenvalue weighted by atomic mass is 9.49. The zero-order valence-corrected chi connectivity index (χ0v) is 53.7. The molecule has 0 unspecified atom stereocenters. The number of hydrogen-bond acceptors (Lipinski definition) is 11. The first-order chi connectivity index (χ1) is 34.5. The molecule has 434 valence electrons. The molecule has 3 aromatic rings. The van der Waals surface area contributed by atoms with Gasteiger partial charge in [0.15, 0.2) is 0 Å². The highest BCUT2D eigenvalue weighted by molar-refractivity contribution is 8.30. The van der Waals surface area contributed by atoms with Gasteiger partial charge in [-0.1, -0.05) is 0 Å². The van der Waals surface area contributed by atoms with Crippen LogP contribution in [0.3, 0.4) is 0 Å². The maximum absolute atomic E-state index is 17.1. The van der Waals surface area contributed by atoms with Gasteiger partial charge in [0.25, 0.3) is 0 Å². The molecule has 77 heavy (non-hydrogen) atoms. The quantitative estimate of drug-likeness (QED) is 0.154. The van der Waals surface area contributed by atoms with Gasteiger partial charge in [-0.2, -0.15) is 0 Å². The summed E-state index contributed by atoms with van der Waals surface area (Å²) in [6, 6.07) is 11.5. The van der Waals surface area contributed by atoms with E-state index in [2.05, 4.69) is 0 Å². The minimum Gasteiger partial charge on any atom is -0.488 e. The Morgan fingerprint density at radius 1 is 0.338 bits per heavy atom. The molecule has 0 saturated heterocycles. The van der Waals surface area contributed by atoms with Crippen molar-refractivity contribution in [1.29, 1.82) is 0 Å². The van der Waals surface area contributed by atoms with Crippen molar-refractivity contribution in [3.63, 3.8) is 0 Å².